The molecule has 1 N–H and O–H groups in total. The second-order valence-electron chi connectivity index (χ2n) is 4.14. The molecule has 0 aromatic heterocycles. The number of hydrogen-bond donors (Lipinski definition) is 1. The molecule has 0 amide bonds. The van der Waals surface area contributed by atoms with Gasteiger partial charge in [-0.1, -0.05) is 52.3 Å². The number of halogens is 1. The van der Waals surface area contributed by atoms with Crippen molar-refractivity contribution in [3.8, 4) is 11.1 Å². The Labute approximate surface area is 111 Å². The first-order valence-corrected chi connectivity index (χ1v) is 6.53. The monoisotopic (exact) mass is 289 g/mol. The second-order valence-corrected chi connectivity index (χ2v) is 5.05. The Balaban J connectivity index is 2.26. The maximum absolute atomic E-state index is 3.45. The van der Waals surface area contributed by atoms with E-state index in [0.29, 0.717) is 6.04 Å². The minimum absolute atomic E-state index is 0.397. The molecule has 0 aliphatic carbocycles. The highest BCUT2D eigenvalue weighted by atomic mass is 79.9. The summed E-state index contributed by atoms with van der Waals surface area (Å²) in [6.45, 7) is 2.16. The standard InChI is InChI=1S/C15H16BrN/c1-11(17-2)12-3-5-13(6-4-12)14-7-9-15(16)10-8-14/h3-11,17H,1-2H3. The molecule has 1 atom stereocenters. The van der Waals surface area contributed by atoms with Crippen molar-refractivity contribution in [2.24, 2.45) is 0 Å². The summed E-state index contributed by atoms with van der Waals surface area (Å²) in [6, 6.07) is 17.5. The molecular weight excluding hydrogens is 274 g/mol. The molecule has 17 heavy (non-hydrogen) atoms. The fourth-order valence-corrected chi connectivity index (χ4v) is 2.04. The molecule has 2 aromatic carbocycles. The van der Waals surface area contributed by atoms with Gasteiger partial charge < -0.3 is 5.32 Å². The zero-order valence-electron chi connectivity index (χ0n) is 10.1. The van der Waals surface area contributed by atoms with E-state index in [0.717, 1.165) is 4.47 Å². The van der Waals surface area contributed by atoms with E-state index < -0.39 is 0 Å². The highest BCUT2D eigenvalue weighted by Gasteiger charge is 2.02. The topological polar surface area (TPSA) is 12.0 Å². The summed E-state index contributed by atoms with van der Waals surface area (Å²) >= 11 is 3.45. The zero-order chi connectivity index (χ0) is 12.3. The number of rotatable bonds is 3. The smallest absolute Gasteiger partial charge is 0.0289 e. The Kier molecular flexibility index (Phi) is 3.97. The molecule has 2 heteroatoms. The maximum Gasteiger partial charge on any atom is 0.0289 e. The first-order valence-electron chi connectivity index (χ1n) is 5.74. The molecule has 0 spiro atoms. The summed E-state index contributed by atoms with van der Waals surface area (Å²) in [4.78, 5) is 0. The SMILES string of the molecule is CNC(C)c1ccc(-c2ccc(Br)cc2)cc1. The third-order valence-electron chi connectivity index (χ3n) is 3.02. The lowest BCUT2D eigenvalue weighted by Crippen LogP contribution is -2.11. The Morgan fingerprint density at radius 2 is 1.35 bits per heavy atom. The second kappa shape index (κ2) is 5.48. The van der Waals surface area contributed by atoms with Crippen molar-refractivity contribution in [2.45, 2.75) is 13.0 Å². The maximum atomic E-state index is 3.45. The van der Waals surface area contributed by atoms with Crippen LogP contribution in [0.3, 0.4) is 0 Å². The Bertz CT molecular complexity index is 473. The van der Waals surface area contributed by atoms with Crippen LogP contribution in [0.5, 0.6) is 0 Å². The lowest BCUT2D eigenvalue weighted by molar-refractivity contribution is 0.652. The molecular formula is C15H16BrN. The fraction of sp³-hybridized carbons (Fsp3) is 0.200. The van der Waals surface area contributed by atoms with E-state index in [1.165, 1.54) is 16.7 Å². The summed E-state index contributed by atoms with van der Waals surface area (Å²) < 4.78 is 1.11. The van der Waals surface area contributed by atoms with Crippen LogP contribution in [0.4, 0.5) is 0 Å². The summed E-state index contributed by atoms with van der Waals surface area (Å²) in [7, 11) is 1.98. The number of hydrogen-bond acceptors (Lipinski definition) is 1. The highest BCUT2D eigenvalue weighted by Crippen LogP contribution is 2.23. The molecule has 1 nitrogen and oxygen atoms in total. The quantitative estimate of drug-likeness (QED) is 0.883. The van der Waals surface area contributed by atoms with E-state index in [4.69, 9.17) is 0 Å². The minimum atomic E-state index is 0.397. The van der Waals surface area contributed by atoms with Crippen LogP contribution in [-0.4, -0.2) is 7.05 Å². The summed E-state index contributed by atoms with van der Waals surface area (Å²) in [5.41, 5.74) is 3.81. The van der Waals surface area contributed by atoms with Gasteiger partial charge in [-0.2, -0.15) is 0 Å². The van der Waals surface area contributed by atoms with Crippen molar-refractivity contribution in [1.82, 2.24) is 5.32 Å². The van der Waals surface area contributed by atoms with Crippen molar-refractivity contribution >= 4 is 15.9 Å². The van der Waals surface area contributed by atoms with E-state index in [2.05, 4.69) is 76.7 Å². The lowest BCUT2D eigenvalue weighted by atomic mass is 10.0. The Morgan fingerprint density at radius 1 is 0.882 bits per heavy atom. The van der Waals surface area contributed by atoms with E-state index in [-0.39, 0.29) is 0 Å². The van der Waals surface area contributed by atoms with E-state index in [1.54, 1.807) is 0 Å². The van der Waals surface area contributed by atoms with Crippen molar-refractivity contribution in [1.29, 1.82) is 0 Å². The van der Waals surface area contributed by atoms with Gasteiger partial charge in [0.2, 0.25) is 0 Å². The predicted molar refractivity (Wildman–Crippen MR) is 77.1 cm³/mol. The van der Waals surface area contributed by atoms with Crippen LogP contribution in [0.2, 0.25) is 0 Å². The average Bonchev–Trinajstić information content (AvgIpc) is 2.39. The third-order valence-corrected chi connectivity index (χ3v) is 3.55. The lowest BCUT2D eigenvalue weighted by Gasteiger charge is -2.11. The largest absolute Gasteiger partial charge is 0.313 e. The van der Waals surface area contributed by atoms with Gasteiger partial charge in [0.25, 0.3) is 0 Å². The molecule has 88 valence electrons. The van der Waals surface area contributed by atoms with Crippen LogP contribution in [0.1, 0.15) is 18.5 Å². The zero-order valence-corrected chi connectivity index (χ0v) is 11.7. The summed E-state index contributed by atoms with van der Waals surface area (Å²) in [6.07, 6.45) is 0. The van der Waals surface area contributed by atoms with Gasteiger partial charge >= 0.3 is 0 Å². The average molecular weight is 290 g/mol. The van der Waals surface area contributed by atoms with Gasteiger partial charge in [0, 0.05) is 10.5 Å². The normalized spacial score (nSPS) is 12.4. The number of benzene rings is 2. The minimum Gasteiger partial charge on any atom is -0.313 e. The Hall–Kier alpha value is -1.12. The molecule has 0 saturated carbocycles. The molecule has 0 saturated heterocycles. The molecule has 0 bridgehead atoms. The van der Waals surface area contributed by atoms with Gasteiger partial charge in [-0.15, -0.1) is 0 Å². The molecule has 1 unspecified atom stereocenters. The molecule has 2 aromatic rings. The van der Waals surface area contributed by atoms with Crippen LogP contribution in [0.25, 0.3) is 11.1 Å². The van der Waals surface area contributed by atoms with E-state index in [1.807, 2.05) is 7.05 Å². The summed E-state index contributed by atoms with van der Waals surface area (Å²) in [5.74, 6) is 0. The van der Waals surface area contributed by atoms with E-state index >= 15 is 0 Å². The molecule has 0 aliphatic heterocycles. The van der Waals surface area contributed by atoms with Crippen molar-refractivity contribution in [3.63, 3.8) is 0 Å². The van der Waals surface area contributed by atoms with Crippen LogP contribution < -0.4 is 5.32 Å². The van der Waals surface area contributed by atoms with Gasteiger partial charge in [-0.25, -0.2) is 0 Å². The van der Waals surface area contributed by atoms with Gasteiger partial charge in [0.1, 0.15) is 0 Å². The predicted octanol–water partition coefficient (Wildman–Crippen LogP) is 4.40. The summed E-state index contributed by atoms with van der Waals surface area (Å²) in [5, 5.41) is 3.24. The van der Waals surface area contributed by atoms with Gasteiger partial charge in [0.05, 0.1) is 0 Å². The fourth-order valence-electron chi connectivity index (χ4n) is 1.77. The van der Waals surface area contributed by atoms with Crippen LogP contribution >= 0.6 is 15.9 Å². The number of nitrogens with one attached hydrogen (secondary N) is 1. The molecule has 0 heterocycles. The first kappa shape index (κ1) is 12.3. The highest BCUT2D eigenvalue weighted by molar-refractivity contribution is 9.10. The van der Waals surface area contributed by atoms with E-state index in [9.17, 15) is 0 Å². The van der Waals surface area contributed by atoms with Crippen LogP contribution in [0, 0.1) is 0 Å². The molecule has 2 rings (SSSR count). The van der Waals surface area contributed by atoms with Crippen LogP contribution in [-0.2, 0) is 0 Å². The van der Waals surface area contributed by atoms with Crippen molar-refractivity contribution < 1.29 is 0 Å². The van der Waals surface area contributed by atoms with Gasteiger partial charge in [-0.3, -0.25) is 0 Å². The molecule has 0 aliphatic rings. The van der Waals surface area contributed by atoms with Crippen LogP contribution in [0.15, 0.2) is 53.0 Å². The Morgan fingerprint density at radius 3 is 1.82 bits per heavy atom. The first-order chi connectivity index (χ1) is 8.20. The van der Waals surface area contributed by atoms with Gasteiger partial charge in [0.15, 0.2) is 0 Å². The van der Waals surface area contributed by atoms with Crippen molar-refractivity contribution in [2.75, 3.05) is 7.05 Å². The molecule has 0 radical (unpaired) electrons. The van der Waals surface area contributed by atoms with Crippen molar-refractivity contribution in [3.05, 3.63) is 58.6 Å². The third kappa shape index (κ3) is 2.96. The van der Waals surface area contributed by atoms with Gasteiger partial charge in [-0.05, 0) is 42.8 Å². The molecule has 0 fully saturated rings.